The van der Waals surface area contributed by atoms with Gasteiger partial charge in [0.1, 0.15) is 23.5 Å². The molecule has 0 saturated carbocycles. The number of aromatic carboxylic acids is 3. The number of azo groups is 2. The predicted octanol–water partition coefficient (Wildman–Crippen LogP) is 8.85. The van der Waals surface area contributed by atoms with Crippen molar-refractivity contribution in [1.82, 2.24) is 19.6 Å². The number of aromatic nitrogens is 4. The summed E-state index contributed by atoms with van der Waals surface area (Å²) in [5.74, 6) is -3.63. The third-order valence-corrected chi connectivity index (χ3v) is 13.5. The summed E-state index contributed by atoms with van der Waals surface area (Å²) < 4.78 is 9.21. The molecule has 19 nitrogen and oxygen atoms in total. The Morgan fingerprint density at radius 1 is 0.512 bits per heavy atom. The maximum atomic E-state index is 12.5. The molecule has 5 N–H and O–H groups in total. The first-order valence-corrected chi connectivity index (χ1v) is 26.2. The smallest absolute Gasteiger partial charge is 0.367 e. The van der Waals surface area contributed by atoms with Crippen molar-refractivity contribution in [1.29, 1.82) is 0 Å². The van der Waals surface area contributed by atoms with E-state index in [1.54, 1.807) is 74.5 Å². The van der Waals surface area contributed by atoms with Gasteiger partial charge in [-0.25, -0.2) is 18.6 Å². The number of carboxylic acid groups (broad SMARTS) is 3. The van der Waals surface area contributed by atoms with Crippen LogP contribution in [-0.4, -0.2) is 68.8 Å². The van der Waals surface area contributed by atoms with E-state index in [2.05, 4.69) is 94.7 Å². The summed E-state index contributed by atoms with van der Waals surface area (Å²) in [6.07, 6.45) is 0. The van der Waals surface area contributed by atoms with E-state index >= 15 is 0 Å². The number of aromatic amines is 2. The second-order valence-corrected chi connectivity index (χ2v) is 18.5. The molecule has 0 amide bonds. The molecule has 416 valence electrons. The van der Waals surface area contributed by atoms with Crippen LogP contribution in [0.15, 0.2) is 204 Å². The van der Waals surface area contributed by atoms with E-state index in [1.165, 1.54) is 54.8 Å². The van der Waals surface area contributed by atoms with Crippen molar-refractivity contribution in [2.45, 2.75) is 41.5 Å². The Hall–Kier alpha value is -9.71. The third-order valence-electron chi connectivity index (χ3n) is 13.5. The second-order valence-electron chi connectivity index (χ2n) is 18.5. The maximum Gasteiger partial charge on any atom is 0.367 e. The number of fused-ring (bicyclic) bond motifs is 2. The van der Waals surface area contributed by atoms with Crippen LogP contribution in [0.2, 0.25) is 0 Å². The van der Waals surface area contributed by atoms with Crippen molar-refractivity contribution in [3.63, 3.8) is 0 Å². The minimum absolute atomic E-state index is 0. The number of carbonyl (C=O) groups excluding carboxylic acids is 2. The maximum absolute atomic E-state index is 12.5. The summed E-state index contributed by atoms with van der Waals surface area (Å²) in [7, 11) is 0. The van der Waals surface area contributed by atoms with Gasteiger partial charge in [0.15, 0.2) is 11.4 Å². The van der Waals surface area contributed by atoms with Crippen LogP contribution in [0.3, 0.4) is 0 Å². The van der Waals surface area contributed by atoms with Gasteiger partial charge < -0.3 is 34.7 Å². The number of hydrogen-bond donors (Lipinski definition) is 5. The Balaban J connectivity index is 0.000000179. The van der Waals surface area contributed by atoms with Crippen molar-refractivity contribution in [3.8, 4) is 22.5 Å². The quantitative estimate of drug-likeness (QED) is 0.0351. The summed E-state index contributed by atoms with van der Waals surface area (Å²) in [6, 6.07) is 50.1. The molecule has 7 aromatic carbocycles. The van der Waals surface area contributed by atoms with E-state index in [-0.39, 0.29) is 62.4 Å². The Labute approximate surface area is 481 Å². The first-order valence-electron chi connectivity index (χ1n) is 26.2. The van der Waals surface area contributed by atoms with Crippen LogP contribution < -0.4 is 31.1 Å². The van der Waals surface area contributed by atoms with Gasteiger partial charge >= 0.3 is 17.1 Å². The van der Waals surface area contributed by atoms with E-state index in [0.717, 1.165) is 53.7 Å². The SMILES string of the molecule is CC[NH+](CC)c1ccc2c(-c3ccccc3C(=O)O)c3ccc([NH+](CC)CC)cc3[o+]c2c1.Cc1[nH]n(-c2ccccc2)c(=O)c1N=Nc1ccccc1C(=O)[O-].Cc1[nH]n(-c2ccccc2)c(=O)c1N=Nc1ccccc1C(=O)[O-].[Cr]. The molecule has 10 rings (SSSR count). The topological polar surface area (TPSA) is 263 Å². The minimum Gasteiger partial charge on any atom is -0.545 e. The van der Waals surface area contributed by atoms with Gasteiger partial charge in [0, 0.05) is 46.2 Å². The fourth-order valence-corrected chi connectivity index (χ4v) is 9.33. The van der Waals surface area contributed by atoms with Crippen molar-refractivity contribution in [2.75, 3.05) is 26.2 Å². The molecular formula is C62H59CrN10O9+. The Morgan fingerprint density at radius 3 is 1.26 bits per heavy atom. The monoisotopic (exact) mass is 1140 g/mol. The summed E-state index contributed by atoms with van der Waals surface area (Å²) >= 11 is 0. The van der Waals surface area contributed by atoms with Crippen LogP contribution in [0.1, 0.15) is 70.2 Å². The van der Waals surface area contributed by atoms with Crippen molar-refractivity contribution in [3.05, 3.63) is 219 Å². The first kappa shape index (κ1) is 59.9. The molecule has 0 aliphatic heterocycles. The average Bonchev–Trinajstić information content (AvgIpc) is 3.98. The van der Waals surface area contributed by atoms with Crippen molar-refractivity contribution >= 4 is 74.0 Å². The molecular weight excluding hydrogens is 1080 g/mol. The molecule has 0 aliphatic rings. The van der Waals surface area contributed by atoms with Crippen LogP contribution in [0, 0.1) is 13.8 Å². The van der Waals surface area contributed by atoms with E-state index in [9.17, 15) is 39.3 Å². The minimum atomic E-state index is -1.35. The van der Waals surface area contributed by atoms with Gasteiger partial charge in [-0.2, -0.15) is 0 Å². The molecule has 0 saturated heterocycles. The molecule has 0 unspecified atom stereocenters. The predicted molar refractivity (Wildman–Crippen MR) is 306 cm³/mol. The standard InChI is InChI=1S/C28H30N2O3.2C17H14N4O3.Cr/c1-5-29(6-2)19-13-15-23-25(17-19)33-26-18-20(30(7-3)8-4)14-16-24(26)27(23)21-11-9-10-12-22(21)28(31)32;2*1-11-15(16(22)21(20-11)12-7-3-2-4-8-12)19-18-14-10-6-5-9-13(14)17(23)24;/h9-18H,5-8H2,1-4H3;2*2-10,20H,1H3,(H,23,24);/p+1. The van der Waals surface area contributed by atoms with E-state index in [4.69, 9.17) is 4.42 Å². The molecule has 0 radical (unpaired) electrons. The molecule has 0 aliphatic carbocycles. The van der Waals surface area contributed by atoms with Gasteiger partial charge in [-0.05, 0) is 102 Å². The van der Waals surface area contributed by atoms with Gasteiger partial charge in [-0.3, -0.25) is 19.8 Å². The number of benzene rings is 7. The first-order chi connectivity index (χ1) is 39.2. The number of nitrogens with one attached hydrogen (secondary N) is 4. The number of para-hydroxylation sites is 2. The fraction of sp³-hybridized carbons (Fsp3) is 0.161. The zero-order valence-corrected chi connectivity index (χ0v) is 47.1. The number of aryl methyl sites for hydroxylation is 2. The van der Waals surface area contributed by atoms with Gasteiger partial charge in [0.2, 0.25) is 0 Å². The van der Waals surface area contributed by atoms with Gasteiger partial charge in [0.05, 0.1) is 88.6 Å². The molecule has 0 fully saturated rings. The van der Waals surface area contributed by atoms with E-state index < -0.39 is 17.9 Å². The Morgan fingerprint density at radius 2 is 0.878 bits per heavy atom. The average molecular weight is 1140 g/mol. The summed E-state index contributed by atoms with van der Waals surface area (Å²) in [4.78, 5) is 61.9. The number of hydrogen-bond acceptors (Lipinski definition) is 11. The largest absolute Gasteiger partial charge is 0.545 e. The molecule has 10 aromatic rings. The fourth-order valence-electron chi connectivity index (χ4n) is 9.33. The van der Waals surface area contributed by atoms with Crippen LogP contribution in [-0.2, 0) is 17.4 Å². The van der Waals surface area contributed by atoms with Crippen LogP contribution in [0.25, 0.3) is 44.4 Å². The number of carboxylic acids is 3. The number of H-pyrrole nitrogens is 2. The number of rotatable bonds is 16. The number of carbonyl (C=O) groups is 3. The Kier molecular flexibility index (Phi) is 20.1. The Bertz CT molecular complexity index is 3860. The van der Waals surface area contributed by atoms with Gasteiger partial charge in [-0.15, -0.1) is 20.5 Å². The molecule has 3 heterocycles. The van der Waals surface area contributed by atoms with Crippen molar-refractivity contribution < 1.29 is 61.3 Å². The van der Waals surface area contributed by atoms with E-state index in [0.29, 0.717) is 33.9 Å². The third kappa shape index (κ3) is 13.3. The summed E-state index contributed by atoms with van der Waals surface area (Å²) in [6.45, 7) is 16.0. The molecule has 20 heteroatoms. The zero-order chi connectivity index (χ0) is 57.7. The normalized spacial score (nSPS) is 11.2. The molecule has 0 spiro atoms. The second kappa shape index (κ2) is 27.4. The van der Waals surface area contributed by atoms with Crippen LogP contribution >= 0.6 is 0 Å². The van der Waals surface area contributed by atoms with Crippen molar-refractivity contribution in [2.24, 2.45) is 20.5 Å². The molecule has 0 bridgehead atoms. The molecule has 82 heavy (non-hydrogen) atoms. The van der Waals surface area contributed by atoms with E-state index in [1.807, 2.05) is 48.5 Å². The molecule has 3 aromatic heterocycles. The van der Waals surface area contributed by atoms with Gasteiger partial charge in [-0.1, -0.05) is 91.0 Å². The summed E-state index contributed by atoms with van der Waals surface area (Å²) in [5.41, 5.74) is 7.81. The molecule has 0 atom stereocenters. The zero-order valence-electron chi connectivity index (χ0n) is 45.8. The number of nitrogens with zero attached hydrogens (tertiary/aromatic N) is 6. The number of quaternary nitrogens is 2. The van der Waals surface area contributed by atoms with Crippen LogP contribution in [0.4, 0.5) is 34.1 Å². The van der Waals surface area contributed by atoms with Gasteiger partial charge in [0.25, 0.3) is 11.1 Å². The van der Waals surface area contributed by atoms with Crippen LogP contribution in [0.5, 0.6) is 0 Å². The summed E-state index contributed by atoms with van der Waals surface area (Å²) in [5, 5.41) is 55.4.